The van der Waals surface area contributed by atoms with Crippen LogP contribution in [0.2, 0.25) is 0 Å². The fraction of sp³-hybridized carbons (Fsp3) is 0.474. The highest BCUT2D eigenvalue weighted by molar-refractivity contribution is 14.0. The Morgan fingerprint density at radius 3 is 2.85 bits per heavy atom. The van der Waals surface area contributed by atoms with E-state index in [1.807, 2.05) is 36.7 Å². The van der Waals surface area contributed by atoms with Gasteiger partial charge in [0.15, 0.2) is 5.96 Å². The fourth-order valence-corrected chi connectivity index (χ4v) is 4.19. The summed E-state index contributed by atoms with van der Waals surface area (Å²) in [5, 5.41) is 7.71. The van der Waals surface area contributed by atoms with Crippen LogP contribution < -0.4 is 5.32 Å². The maximum atomic E-state index is 4.46. The number of likely N-dealkylation sites (tertiary alicyclic amines) is 1. The van der Waals surface area contributed by atoms with Gasteiger partial charge in [0.2, 0.25) is 0 Å². The molecule has 1 N–H and O–H groups in total. The summed E-state index contributed by atoms with van der Waals surface area (Å²) < 4.78 is 1.85. The number of aliphatic imine (C=N–C) groups is 1. The van der Waals surface area contributed by atoms with Crippen LogP contribution in [0.4, 0.5) is 0 Å². The van der Waals surface area contributed by atoms with E-state index >= 15 is 0 Å². The second-order valence-electron chi connectivity index (χ2n) is 6.47. The zero-order valence-corrected chi connectivity index (χ0v) is 18.6. The Balaban J connectivity index is 0.00000243. The van der Waals surface area contributed by atoms with Crippen molar-refractivity contribution < 1.29 is 0 Å². The molecule has 1 aliphatic heterocycles. The van der Waals surface area contributed by atoms with Gasteiger partial charge >= 0.3 is 0 Å². The van der Waals surface area contributed by atoms with Gasteiger partial charge in [-0.2, -0.15) is 5.10 Å². The van der Waals surface area contributed by atoms with Gasteiger partial charge < -0.3 is 10.2 Å². The lowest BCUT2D eigenvalue weighted by Crippen LogP contribution is -2.41. The lowest BCUT2D eigenvalue weighted by atomic mass is 10.2. The van der Waals surface area contributed by atoms with Crippen LogP contribution in [0.5, 0.6) is 0 Å². The molecule has 1 saturated heterocycles. The number of nitrogens with one attached hydrogen (secondary N) is 1. The zero-order valence-electron chi connectivity index (χ0n) is 15.5. The summed E-state index contributed by atoms with van der Waals surface area (Å²) in [5.41, 5.74) is 1.25. The minimum Gasteiger partial charge on any atom is -0.356 e. The molecule has 1 aromatic heterocycles. The van der Waals surface area contributed by atoms with E-state index in [2.05, 4.69) is 56.8 Å². The molecule has 0 bridgehead atoms. The van der Waals surface area contributed by atoms with Crippen molar-refractivity contribution in [1.82, 2.24) is 20.0 Å². The second-order valence-corrected chi connectivity index (χ2v) is 7.56. The van der Waals surface area contributed by atoms with Crippen molar-refractivity contribution in [1.29, 1.82) is 0 Å². The van der Waals surface area contributed by atoms with Gasteiger partial charge in [-0.25, -0.2) is 0 Å². The lowest BCUT2D eigenvalue weighted by molar-refractivity contribution is 0.475. The first-order valence-corrected chi connectivity index (χ1v) is 9.84. The predicted octanol–water partition coefficient (Wildman–Crippen LogP) is 3.27. The van der Waals surface area contributed by atoms with E-state index in [9.17, 15) is 0 Å². The van der Waals surface area contributed by atoms with Gasteiger partial charge in [-0.3, -0.25) is 9.67 Å². The van der Waals surface area contributed by atoms with Crippen LogP contribution in [-0.4, -0.2) is 53.1 Å². The van der Waals surface area contributed by atoms with Crippen molar-refractivity contribution in [2.24, 2.45) is 18.0 Å². The van der Waals surface area contributed by atoms with Crippen molar-refractivity contribution in [3.05, 3.63) is 48.3 Å². The van der Waals surface area contributed by atoms with Crippen molar-refractivity contribution in [2.75, 3.05) is 32.4 Å². The molecule has 0 radical (unpaired) electrons. The molecule has 0 aliphatic carbocycles. The van der Waals surface area contributed by atoms with Crippen LogP contribution >= 0.6 is 35.7 Å². The summed E-state index contributed by atoms with van der Waals surface area (Å²) in [6, 6.07) is 10.7. The molecule has 3 rings (SSSR count). The molecule has 0 amide bonds. The number of hydrogen-bond acceptors (Lipinski definition) is 3. The smallest absolute Gasteiger partial charge is 0.193 e. The van der Waals surface area contributed by atoms with Gasteiger partial charge in [-0.1, -0.05) is 18.2 Å². The number of benzene rings is 1. The summed E-state index contributed by atoms with van der Waals surface area (Å²) in [5.74, 6) is 2.92. The summed E-state index contributed by atoms with van der Waals surface area (Å²) in [6.45, 7) is 3.07. The van der Waals surface area contributed by atoms with Crippen LogP contribution in [-0.2, 0) is 13.5 Å². The number of rotatable bonds is 6. The summed E-state index contributed by atoms with van der Waals surface area (Å²) in [7, 11) is 3.83. The monoisotopic (exact) mass is 485 g/mol. The largest absolute Gasteiger partial charge is 0.356 e. The second kappa shape index (κ2) is 10.8. The van der Waals surface area contributed by atoms with Gasteiger partial charge in [-0.15, -0.1) is 35.7 Å². The molecular formula is C19H28IN5S. The zero-order chi connectivity index (χ0) is 17.5. The third-order valence-electron chi connectivity index (χ3n) is 4.48. The van der Waals surface area contributed by atoms with Gasteiger partial charge in [0.1, 0.15) is 0 Å². The van der Waals surface area contributed by atoms with Crippen molar-refractivity contribution in [3.8, 4) is 0 Å². The molecule has 2 heterocycles. The summed E-state index contributed by atoms with van der Waals surface area (Å²) in [4.78, 5) is 8.21. The molecule has 0 saturated carbocycles. The first kappa shape index (κ1) is 21.1. The molecule has 1 unspecified atom stereocenters. The first-order chi connectivity index (χ1) is 12.2. The normalized spacial score (nSPS) is 17.2. The van der Waals surface area contributed by atoms with Crippen molar-refractivity contribution in [3.63, 3.8) is 0 Å². The number of hydrogen-bond donors (Lipinski definition) is 1. The number of aromatic nitrogens is 2. The van der Waals surface area contributed by atoms with Gasteiger partial charge in [0, 0.05) is 50.6 Å². The van der Waals surface area contributed by atoms with E-state index in [1.165, 1.54) is 22.6 Å². The van der Waals surface area contributed by atoms with E-state index in [0.29, 0.717) is 0 Å². The molecule has 26 heavy (non-hydrogen) atoms. The molecule has 1 aromatic carbocycles. The van der Waals surface area contributed by atoms with Crippen LogP contribution in [0.15, 0.2) is 52.6 Å². The summed E-state index contributed by atoms with van der Waals surface area (Å²) in [6.07, 6.45) is 6.20. The topological polar surface area (TPSA) is 45.5 Å². The van der Waals surface area contributed by atoms with Crippen LogP contribution in [0.25, 0.3) is 0 Å². The minimum atomic E-state index is 0. The Labute approximate surface area is 177 Å². The number of thioether (sulfide) groups is 1. The van der Waals surface area contributed by atoms with E-state index in [1.54, 1.807) is 0 Å². The Morgan fingerprint density at radius 2 is 2.15 bits per heavy atom. The SMILES string of the molecule is CN=C(NCCc1cnn(C)c1)N1CCC(CSc2ccccc2)C1.I. The molecule has 1 atom stereocenters. The number of halogens is 1. The highest BCUT2D eigenvalue weighted by Crippen LogP contribution is 2.25. The third kappa shape index (κ3) is 6.19. The van der Waals surface area contributed by atoms with Gasteiger partial charge in [-0.05, 0) is 36.5 Å². The maximum Gasteiger partial charge on any atom is 0.193 e. The molecule has 2 aromatic rings. The molecule has 1 fully saturated rings. The molecular weight excluding hydrogens is 457 g/mol. The Bertz CT molecular complexity index is 688. The molecule has 142 valence electrons. The minimum absolute atomic E-state index is 0. The van der Waals surface area contributed by atoms with E-state index < -0.39 is 0 Å². The molecule has 7 heteroatoms. The van der Waals surface area contributed by atoms with Crippen molar-refractivity contribution >= 4 is 41.7 Å². The Kier molecular flexibility index (Phi) is 8.77. The molecule has 1 aliphatic rings. The van der Waals surface area contributed by atoms with Crippen LogP contribution in [0.3, 0.4) is 0 Å². The van der Waals surface area contributed by atoms with Crippen LogP contribution in [0, 0.1) is 5.92 Å². The van der Waals surface area contributed by atoms with Gasteiger partial charge in [0.05, 0.1) is 6.20 Å². The van der Waals surface area contributed by atoms with E-state index in [0.717, 1.165) is 37.9 Å². The predicted molar refractivity (Wildman–Crippen MR) is 121 cm³/mol. The summed E-state index contributed by atoms with van der Waals surface area (Å²) >= 11 is 1.96. The quantitative estimate of drug-likeness (QED) is 0.295. The van der Waals surface area contributed by atoms with Crippen molar-refractivity contribution in [2.45, 2.75) is 17.7 Å². The fourth-order valence-electron chi connectivity index (χ4n) is 3.14. The average Bonchev–Trinajstić information content (AvgIpc) is 3.27. The molecule has 5 nitrogen and oxygen atoms in total. The number of aryl methyl sites for hydroxylation is 1. The Hall–Kier alpha value is -1.22. The number of guanidine groups is 1. The highest BCUT2D eigenvalue weighted by Gasteiger charge is 2.24. The van der Waals surface area contributed by atoms with Crippen LogP contribution in [0.1, 0.15) is 12.0 Å². The van der Waals surface area contributed by atoms with E-state index in [4.69, 9.17) is 0 Å². The Morgan fingerprint density at radius 1 is 1.35 bits per heavy atom. The highest BCUT2D eigenvalue weighted by atomic mass is 127. The first-order valence-electron chi connectivity index (χ1n) is 8.85. The van der Waals surface area contributed by atoms with Gasteiger partial charge in [0.25, 0.3) is 0 Å². The number of nitrogens with zero attached hydrogens (tertiary/aromatic N) is 4. The van der Waals surface area contributed by atoms with E-state index in [-0.39, 0.29) is 24.0 Å². The lowest BCUT2D eigenvalue weighted by Gasteiger charge is -2.21. The standard InChI is InChI=1S/C19H27N5S.HI/c1-20-19(21-10-8-16-12-22-23(2)13-16)24-11-9-17(14-24)15-25-18-6-4-3-5-7-18;/h3-7,12-13,17H,8-11,14-15H2,1-2H3,(H,20,21);1H. The third-order valence-corrected chi connectivity index (χ3v) is 5.72. The average molecular weight is 485 g/mol. The maximum absolute atomic E-state index is 4.46. The molecule has 0 spiro atoms.